The van der Waals surface area contributed by atoms with Crippen LogP contribution in [0.25, 0.3) is 0 Å². The Bertz CT molecular complexity index is 1400. The Hall–Kier alpha value is -3.27. The van der Waals surface area contributed by atoms with Gasteiger partial charge < -0.3 is 29.3 Å². The molecule has 3 aliphatic rings. The van der Waals surface area contributed by atoms with E-state index in [0.29, 0.717) is 41.0 Å². The summed E-state index contributed by atoms with van der Waals surface area (Å²) in [4.78, 5) is 16.5. The molecule has 43 heavy (non-hydrogen) atoms. The standard InChI is InChI=1S/C33H43ClN6O3/c1-22-27(23-5-6-23)18-31(42-4)32(34)28(22)21-43-26-19-35-33(36-20-26)37-24-7-8-29(30(17-24)41-3)40-11-9-25(10-12-40)39-15-13-38(2)14-16-39/h7-8,17-20,23,25H,5-6,9-16,21H2,1-4H3,(H,35,36,37). The van der Waals surface area contributed by atoms with Gasteiger partial charge in [-0.1, -0.05) is 11.6 Å². The van der Waals surface area contributed by atoms with E-state index in [1.165, 1.54) is 63.0 Å². The van der Waals surface area contributed by atoms with Crippen molar-refractivity contribution in [3.8, 4) is 17.2 Å². The van der Waals surface area contributed by atoms with Gasteiger partial charge >= 0.3 is 0 Å². The Morgan fingerprint density at radius 1 is 0.907 bits per heavy atom. The van der Waals surface area contributed by atoms with Crippen molar-refractivity contribution < 1.29 is 14.2 Å². The maximum Gasteiger partial charge on any atom is 0.227 e. The van der Waals surface area contributed by atoms with Crippen LogP contribution in [0.2, 0.25) is 5.02 Å². The summed E-state index contributed by atoms with van der Waals surface area (Å²) in [5.74, 6) is 3.19. The molecule has 0 spiro atoms. The zero-order valence-electron chi connectivity index (χ0n) is 25.7. The fourth-order valence-corrected chi connectivity index (χ4v) is 6.68. The quantitative estimate of drug-likeness (QED) is 0.305. The van der Waals surface area contributed by atoms with Gasteiger partial charge in [0, 0.05) is 62.6 Å². The summed E-state index contributed by atoms with van der Waals surface area (Å²) >= 11 is 6.66. The number of benzene rings is 2. The zero-order chi connectivity index (χ0) is 29.9. The summed E-state index contributed by atoms with van der Waals surface area (Å²) in [5, 5.41) is 3.90. The van der Waals surface area contributed by atoms with Crippen LogP contribution in [0.15, 0.2) is 36.7 Å². The van der Waals surface area contributed by atoms with Crippen molar-refractivity contribution in [3.05, 3.63) is 58.4 Å². The SMILES string of the molecule is COc1cc(Nc2ncc(OCc3c(C)c(C4CC4)cc(OC)c3Cl)cn2)ccc1N1CCC(N2CCN(C)CC2)CC1. The van der Waals surface area contributed by atoms with E-state index >= 15 is 0 Å². The van der Waals surface area contributed by atoms with Gasteiger partial charge in [-0.2, -0.15) is 0 Å². The third kappa shape index (κ3) is 6.79. The van der Waals surface area contributed by atoms with Gasteiger partial charge in [0.2, 0.25) is 5.95 Å². The van der Waals surface area contributed by atoms with Crippen molar-refractivity contribution in [2.75, 3.05) is 70.8 Å². The van der Waals surface area contributed by atoms with Crippen molar-refractivity contribution in [1.29, 1.82) is 0 Å². The minimum Gasteiger partial charge on any atom is -0.495 e. The van der Waals surface area contributed by atoms with Crippen molar-refractivity contribution in [3.63, 3.8) is 0 Å². The lowest BCUT2D eigenvalue weighted by molar-refractivity contribution is 0.0981. The molecular weight excluding hydrogens is 564 g/mol. The van der Waals surface area contributed by atoms with Crippen LogP contribution in [0, 0.1) is 6.92 Å². The number of aromatic nitrogens is 2. The van der Waals surface area contributed by atoms with Crippen molar-refractivity contribution in [2.24, 2.45) is 0 Å². The second-order valence-electron chi connectivity index (χ2n) is 12.0. The average molecular weight is 607 g/mol. The molecule has 0 unspecified atom stereocenters. The molecule has 10 heteroatoms. The van der Waals surface area contributed by atoms with Crippen LogP contribution in [-0.2, 0) is 6.61 Å². The number of hydrogen-bond donors (Lipinski definition) is 1. The molecule has 6 rings (SSSR count). The van der Waals surface area contributed by atoms with Crippen LogP contribution in [0.3, 0.4) is 0 Å². The number of methoxy groups -OCH3 is 2. The van der Waals surface area contributed by atoms with E-state index in [1.807, 2.05) is 6.07 Å². The molecule has 9 nitrogen and oxygen atoms in total. The number of hydrogen-bond acceptors (Lipinski definition) is 9. The highest BCUT2D eigenvalue weighted by molar-refractivity contribution is 6.33. The van der Waals surface area contributed by atoms with Crippen molar-refractivity contribution in [2.45, 2.75) is 51.2 Å². The van der Waals surface area contributed by atoms with Gasteiger partial charge in [0.05, 0.1) is 37.3 Å². The molecule has 1 N–H and O–H groups in total. The van der Waals surface area contributed by atoms with Gasteiger partial charge in [0.1, 0.15) is 18.1 Å². The Labute approximate surface area is 260 Å². The first-order valence-electron chi connectivity index (χ1n) is 15.4. The summed E-state index contributed by atoms with van der Waals surface area (Å²) in [6, 6.07) is 8.95. The van der Waals surface area contributed by atoms with E-state index in [-0.39, 0.29) is 0 Å². The number of piperazine rings is 1. The minimum absolute atomic E-state index is 0.322. The van der Waals surface area contributed by atoms with E-state index in [2.05, 4.69) is 62.2 Å². The molecule has 0 bridgehead atoms. The first-order valence-corrected chi connectivity index (χ1v) is 15.7. The predicted molar refractivity (Wildman–Crippen MR) is 172 cm³/mol. The molecular formula is C33H43ClN6O3. The van der Waals surface area contributed by atoms with E-state index < -0.39 is 0 Å². The fourth-order valence-electron chi connectivity index (χ4n) is 6.35. The third-order valence-corrected chi connectivity index (χ3v) is 9.61. The molecule has 2 aliphatic heterocycles. The van der Waals surface area contributed by atoms with Crippen molar-refractivity contribution in [1.82, 2.24) is 19.8 Å². The molecule has 2 aromatic carbocycles. The molecule has 3 fully saturated rings. The molecule has 1 aliphatic carbocycles. The van der Waals surface area contributed by atoms with Gasteiger partial charge in [0.25, 0.3) is 0 Å². The maximum atomic E-state index is 6.66. The second kappa shape index (κ2) is 13.2. The van der Waals surface area contributed by atoms with Crippen LogP contribution in [-0.4, -0.2) is 86.3 Å². The Kier molecular flexibility index (Phi) is 9.12. The number of nitrogens with one attached hydrogen (secondary N) is 1. The normalized spacial score (nSPS) is 18.5. The molecule has 1 aromatic heterocycles. The molecule has 3 aromatic rings. The average Bonchev–Trinajstić information content (AvgIpc) is 3.88. The van der Waals surface area contributed by atoms with Gasteiger partial charge in [0.15, 0.2) is 5.75 Å². The highest BCUT2D eigenvalue weighted by Crippen LogP contribution is 2.46. The number of anilines is 3. The van der Waals surface area contributed by atoms with E-state index in [1.54, 1.807) is 26.6 Å². The van der Waals surface area contributed by atoms with E-state index in [0.717, 1.165) is 35.8 Å². The lowest BCUT2D eigenvalue weighted by atomic mass is 9.98. The van der Waals surface area contributed by atoms with Crippen LogP contribution >= 0.6 is 11.6 Å². The van der Waals surface area contributed by atoms with Gasteiger partial charge in [-0.05, 0) is 74.9 Å². The van der Waals surface area contributed by atoms with Gasteiger partial charge in [-0.15, -0.1) is 0 Å². The van der Waals surface area contributed by atoms with Crippen LogP contribution in [0.4, 0.5) is 17.3 Å². The van der Waals surface area contributed by atoms with E-state index in [4.69, 9.17) is 25.8 Å². The smallest absolute Gasteiger partial charge is 0.227 e. The first-order chi connectivity index (χ1) is 20.9. The van der Waals surface area contributed by atoms with Crippen molar-refractivity contribution >= 4 is 28.9 Å². The monoisotopic (exact) mass is 606 g/mol. The highest BCUT2D eigenvalue weighted by Gasteiger charge is 2.29. The van der Waals surface area contributed by atoms with E-state index in [9.17, 15) is 0 Å². The number of ether oxygens (including phenoxy) is 3. The fraction of sp³-hybridized carbons (Fsp3) is 0.515. The summed E-state index contributed by atoms with van der Waals surface area (Å²) in [5.41, 5.74) is 5.41. The molecule has 1 saturated carbocycles. The highest BCUT2D eigenvalue weighted by atomic mass is 35.5. The Balaban J connectivity index is 1.06. The molecule has 0 atom stereocenters. The predicted octanol–water partition coefficient (Wildman–Crippen LogP) is 5.87. The summed E-state index contributed by atoms with van der Waals surface area (Å²) in [6.45, 7) is 9.19. The van der Waals surface area contributed by atoms with Crippen LogP contribution in [0.5, 0.6) is 17.2 Å². The number of nitrogens with zero attached hydrogens (tertiary/aromatic N) is 5. The minimum atomic E-state index is 0.322. The molecule has 230 valence electrons. The summed E-state index contributed by atoms with van der Waals surface area (Å²) in [7, 11) is 5.59. The number of piperidine rings is 1. The molecule has 0 radical (unpaired) electrons. The Morgan fingerprint density at radius 3 is 2.26 bits per heavy atom. The third-order valence-electron chi connectivity index (χ3n) is 9.20. The lowest BCUT2D eigenvalue weighted by Crippen LogP contribution is -2.52. The molecule has 2 saturated heterocycles. The first kappa shape index (κ1) is 29.8. The number of rotatable bonds is 10. The maximum absolute atomic E-state index is 6.66. The number of likely N-dealkylation sites (N-methyl/N-ethyl adjacent to an activating group) is 1. The number of halogens is 1. The van der Waals surface area contributed by atoms with Crippen LogP contribution in [0.1, 0.15) is 48.3 Å². The largest absolute Gasteiger partial charge is 0.495 e. The van der Waals surface area contributed by atoms with Gasteiger partial charge in [-0.3, -0.25) is 4.90 Å². The summed E-state index contributed by atoms with van der Waals surface area (Å²) < 4.78 is 17.4. The lowest BCUT2D eigenvalue weighted by Gasteiger charge is -2.42. The molecule has 3 heterocycles. The van der Waals surface area contributed by atoms with Gasteiger partial charge in [-0.25, -0.2) is 9.97 Å². The Morgan fingerprint density at radius 2 is 1.60 bits per heavy atom. The zero-order valence-corrected chi connectivity index (χ0v) is 26.5. The molecule has 0 amide bonds. The van der Waals surface area contributed by atoms with Crippen LogP contribution < -0.4 is 24.4 Å². The topological polar surface area (TPSA) is 75.2 Å². The summed E-state index contributed by atoms with van der Waals surface area (Å²) in [6.07, 6.45) is 8.13. The second-order valence-corrected chi connectivity index (χ2v) is 12.3.